The van der Waals surface area contributed by atoms with Crippen molar-refractivity contribution in [2.45, 2.75) is 30.2 Å². The summed E-state index contributed by atoms with van der Waals surface area (Å²) in [6.07, 6.45) is 3.24. The Morgan fingerprint density at radius 3 is 2.50 bits per heavy atom. The monoisotopic (exact) mass is 411 g/mol. The number of amides is 1. The van der Waals surface area contributed by atoms with Crippen LogP contribution in [0.3, 0.4) is 0 Å². The van der Waals surface area contributed by atoms with E-state index in [-0.39, 0.29) is 23.5 Å². The standard InChI is InChI=1S/C19H26FN3O4S/c20-18-4-3-16(28(25,26)23-9-11-27-12-10-23)13-17(18)19(24)22-8-5-15(14-22)21-6-1-2-7-21/h3-4,13,15H,1-2,5-12,14H2. The summed E-state index contributed by atoms with van der Waals surface area (Å²) in [5.74, 6) is -1.12. The molecule has 0 radical (unpaired) electrons. The first kappa shape index (κ1) is 19.8. The highest BCUT2D eigenvalue weighted by Gasteiger charge is 2.34. The number of halogens is 1. The van der Waals surface area contributed by atoms with E-state index in [1.54, 1.807) is 4.90 Å². The van der Waals surface area contributed by atoms with Crippen molar-refractivity contribution in [3.05, 3.63) is 29.6 Å². The van der Waals surface area contributed by atoms with E-state index in [2.05, 4.69) is 4.90 Å². The van der Waals surface area contributed by atoms with E-state index in [1.807, 2.05) is 0 Å². The lowest BCUT2D eigenvalue weighted by Gasteiger charge is -2.26. The minimum atomic E-state index is -3.77. The molecule has 3 heterocycles. The van der Waals surface area contributed by atoms with Gasteiger partial charge in [-0.25, -0.2) is 12.8 Å². The predicted octanol–water partition coefficient (Wildman–Crippen LogP) is 1.16. The lowest BCUT2D eigenvalue weighted by Crippen LogP contribution is -2.40. The molecule has 1 aromatic carbocycles. The number of morpholine rings is 1. The highest BCUT2D eigenvalue weighted by Crippen LogP contribution is 2.25. The molecule has 28 heavy (non-hydrogen) atoms. The van der Waals surface area contributed by atoms with Crippen LogP contribution < -0.4 is 0 Å². The fraction of sp³-hybridized carbons (Fsp3) is 0.632. The number of nitrogens with zero attached hydrogens (tertiary/aromatic N) is 3. The van der Waals surface area contributed by atoms with Gasteiger partial charge >= 0.3 is 0 Å². The highest BCUT2D eigenvalue weighted by atomic mass is 32.2. The smallest absolute Gasteiger partial charge is 0.256 e. The van der Waals surface area contributed by atoms with Crippen LogP contribution in [0.2, 0.25) is 0 Å². The number of ether oxygens (including phenoxy) is 1. The second-order valence-electron chi connectivity index (χ2n) is 7.59. The van der Waals surface area contributed by atoms with Crippen molar-refractivity contribution in [1.29, 1.82) is 0 Å². The molecule has 0 aromatic heterocycles. The fourth-order valence-corrected chi connectivity index (χ4v) is 5.70. The molecule has 0 spiro atoms. The van der Waals surface area contributed by atoms with Crippen molar-refractivity contribution in [1.82, 2.24) is 14.1 Å². The third-order valence-electron chi connectivity index (χ3n) is 5.88. The minimum Gasteiger partial charge on any atom is -0.379 e. The summed E-state index contributed by atoms with van der Waals surface area (Å²) in [5.41, 5.74) is -0.170. The van der Waals surface area contributed by atoms with Crippen LogP contribution in [0.25, 0.3) is 0 Å². The Kier molecular flexibility index (Phi) is 5.69. The third-order valence-corrected chi connectivity index (χ3v) is 7.78. The molecule has 0 saturated carbocycles. The Bertz CT molecular complexity index is 836. The van der Waals surface area contributed by atoms with Gasteiger partial charge in [-0.3, -0.25) is 9.69 Å². The van der Waals surface area contributed by atoms with Gasteiger partial charge in [-0.05, 0) is 50.6 Å². The molecule has 1 atom stereocenters. The quantitative estimate of drug-likeness (QED) is 0.744. The molecule has 7 nitrogen and oxygen atoms in total. The van der Waals surface area contributed by atoms with Crippen LogP contribution in [-0.4, -0.2) is 87.0 Å². The van der Waals surface area contributed by atoms with Crippen LogP contribution in [0.1, 0.15) is 29.6 Å². The Labute approximate surface area is 165 Å². The minimum absolute atomic E-state index is 0.0468. The van der Waals surface area contributed by atoms with Gasteiger partial charge < -0.3 is 9.64 Å². The van der Waals surface area contributed by atoms with E-state index in [0.717, 1.165) is 25.6 Å². The predicted molar refractivity (Wildman–Crippen MR) is 101 cm³/mol. The molecule has 9 heteroatoms. The second-order valence-corrected chi connectivity index (χ2v) is 9.53. The van der Waals surface area contributed by atoms with E-state index in [4.69, 9.17) is 4.74 Å². The topological polar surface area (TPSA) is 70.2 Å². The zero-order valence-corrected chi connectivity index (χ0v) is 16.7. The van der Waals surface area contributed by atoms with Gasteiger partial charge in [-0.15, -0.1) is 0 Å². The van der Waals surface area contributed by atoms with E-state index >= 15 is 0 Å². The fourth-order valence-electron chi connectivity index (χ4n) is 4.27. The first-order valence-corrected chi connectivity index (χ1v) is 11.3. The van der Waals surface area contributed by atoms with Gasteiger partial charge in [0.25, 0.3) is 5.91 Å². The second kappa shape index (κ2) is 8.06. The van der Waals surface area contributed by atoms with Gasteiger partial charge in [0, 0.05) is 32.2 Å². The summed E-state index contributed by atoms with van der Waals surface area (Å²) in [5, 5.41) is 0. The lowest BCUT2D eigenvalue weighted by molar-refractivity contribution is 0.0730. The molecular weight excluding hydrogens is 385 g/mol. The summed E-state index contributed by atoms with van der Waals surface area (Å²) < 4.78 is 46.6. The van der Waals surface area contributed by atoms with Crippen LogP contribution in [0.4, 0.5) is 4.39 Å². The van der Waals surface area contributed by atoms with Gasteiger partial charge in [-0.1, -0.05) is 0 Å². The largest absolute Gasteiger partial charge is 0.379 e. The number of hydrogen-bond donors (Lipinski definition) is 0. The zero-order valence-electron chi connectivity index (χ0n) is 15.8. The Hall–Kier alpha value is -1.55. The van der Waals surface area contributed by atoms with Crippen molar-refractivity contribution in [2.75, 3.05) is 52.5 Å². The number of carbonyl (C=O) groups is 1. The van der Waals surface area contributed by atoms with Crippen molar-refractivity contribution < 1.29 is 22.3 Å². The summed E-state index contributed by atoms with van der Waals surface area (Å²) in [7, 11) is -3.77. The first-order chi connectivity index (χ1) is 13.5. The van der Waals surface area contributed by atoms with Gasteiger partial charge in [0.05, 0.1) is 23.7 Å². The maximum absolute atomic E-state index is 14.4. The molecule has 0 bridgehead atoms. The molecule has 1 amide bonds. The van der Waals surface area contributed by atoms with Crippen molar-refractivity contribution in [2.24, 2.45) is 0 Å². The molecule has 0 aliphatic carbocycles. The van der Waals surface area contributed by atoms with E-state index in [9.17, 15) is 17.6 Å². The zero-order chi connectivity index (χ0) is 19.7. The number of rotatable bonds is 4. The SMILES string of the molecule is O=C(c1cc(S(=O)(=O)N2CCOCC2)ccc1F)N1CCC(N2CCCC2)C1. The third kappa shape index (κ3) is 3.80. The van der Waals surface area contributed by atoms with Crippen LogP contribution in [0.5, 0.6) is 0 Å². The maximum Gasteiger partial charge on any atom is 0.256 e. The number of carbonyl (C=O) groups excluding carboxylic acids is 1. The van der Waals surface area contributed by atoms with Crippen LogP contribution in [0, 0.1) is 5.82 Å². The van der Waals surface area contributed by atoms with Gasteiger partial charge in [0.1, 0.15) is 5.82 Å². The summed E-state index contributed by atoms with van der Waals surface area (Å²) >= 11 is 0. The molecule has 3 fully saturated rings. The summed E-state index contributed by atoms with van der Waals surface area (Å²) in [6, 6.07) is 3.81. The number of hydrogen-bond acceptors (Lipinski definition) is 5. The Balaban J connectivity index is 1.53. The van der Waals surface area contributed by atoms with Crippen LogP contribution in [-0.2, 0) is 14.8 Å². The van der Waals surface area contributed by atoms with E-state index < -0.39 is 21.7 Å². The molecule has 154 valence electrons. The number of benzene rings is 1. The molecule has 3 aliphatic heterocycles. The summed E-state index contributed by atoms with van der Waals surface area (Å²) in [6.45, 7) is 4.41. The summed E-state index contributed by atoms with van der Waals surface area (Å²) in [4.78, 5) is 16.9. The number of sulfonamides is 1. The van der Waals surface area contributed by atoms with E-state index in [1.165, 1.54) is 29.3 Å². The molecular formula is C19H26FN3O4S. The van der Waals surface area contributed by atoms with Crippen molar-refractivity contribution in [3.8, 4) is 0 Å². The van der Waals surface area contributed by atoms with Crippen LogP contribution >= 0.6 is 0 Å². The first-order valence-electron chi connectivity index (χ1n) is 9.87. The van der Waals surface area contributed by atoms with Crippen molar-refractivity contribution >= 4 is 15.9 Å². The molecule has 1 aromatic rings. The van der Waals surface area contributed by atoms with Gasteiger partial charge in [0.2, 0.25) is 10.0 Å². The molecule has 1 unspecified atom stereocenters. The van der Waals surface area contributed by atoms with E-state index in [0.29, 0.717) is 32.3 Å². The lowest BCUT2D eigenvalue weighted by atomic mass is 10.2. The molecule has 0 N–H and O–H groups in total. The van der Waals surface area contributed by atoms with Gasteiger partial charge in [-0.2, -0.15) is 4.31 Å². The van der Waals surface area contributed by atoms with Crippen molar-refractivity contribution in [3.63, 3.8) is 0 Å². The van der Waals surface area contributed by atoms with Gasteiger partial charge in [0.15, 0.2) is 0 Å². The Morgan fingerprint density at radius 1 is 1.07 bits per heavy atom. The Morgan fingerprint density at radius 2 is 1.79 bits per heavy atom. The molecule has 4 rings (SSSR count). The number of likely N-dealkylation sites (tertiary alicyclic amines) is 2. The normalized spacial score (nSPS) is 24.8. The molecule has 3 aliphatic rings. The average Bonchev–Trinajstić information content (AvgIpc) is 3.40. The average molecular weight is 411 g/mol. The maximum atomic E-state index is 14.4. The highest BCUT2D eigenvalue weighted by molar-refractivity contribution is 7.89. The van der Waals surface area contributed by atoms with Crippen LogP contribution in [0.15, 0.2) is 23.1 Å². The molecule has 3 saturated heterocycles.